The molecule has 2 saturated heterocycles. The van der Waals surface area contributed by atoms with Crippen molar-refractivity contribution >= 4 is 29.1 Å². The number of hydrogen-bond donors (Lipinski definition) is 2. The average Bonchev–Trinajstić information content (AvgIpc) is 3.60. The first-order chi connectivity index (χ1) is 20.0. The van der Waals surface area contributed by atoms with Gasteiger partial charge in [-0.05, 0) is 68.2 Å². The summed E-state index contributed by atoms with van der Waals surface area (Å²) in [6, 6.07) is 13.6. The molecule has 0 radical (unpaired) electrons. The Labute approximate surface area is 241 Å². The molecule has 6 rings (SSSR count). The number of anilines is 3. The number of piperazine rings is 1. The molecule has 3 aliphatic heterocycles. The van der Waals surface area contributed by atoms with Gasteiger partial charge in [-0.2, -0.15) is 5.10 Å². The van der Waals surface area contributed by atoms with Gasteiger partial charge in [0.25, 0.3) is 5.91 Å². The fourth-order valence-electron chi connectivity index (χ4n) is 6.07. The summed E-state index contributed by atoms with van der Waals surface area (Å²) in [5, 5.41) is 10.9. The third kappa shape index (κ3) is 5.94. The summed E-state index contributed by atoms with van der Waals surface area (Å²) in [6.07, 6.45) is 4.45. The van der Waals surface area contributed by atoms with Gasteiger partial charge in [0.2, 0.25) is 0 Å². The van der Waals surface area contributed by atoms with Gasteiger partial charge < -0.3 is 25.3 Å². The van der Waals surface area contributed by atoms with Crippen molar-refractivity contribution in [2.24, 2.45) is 7.05 Å². The molecule has 41 heavy (non-hydrogen) atoms. The van der Waals surface area contributed by atoms with Crippen molar-refractivity contribution < 1.29 is 9.59 Å². The molecule has 10 heteroatoms. The zero-order valence-corrected chi connectivity index (χ0v) is 24.1. The highest BCUT2D eigenvalue weighted by atomic mass is 16.2. The van der Waals surface area contributed by atoms with Gasteiger partial charge in [0.1, 0.15) is 5.82 Å². The van der Waals surface area contributed by atoms with E-state index >= 15 is 0 Å². The molecule has 216 valence electrons. The first kappa shape index (κ1) is 27.3. The van der Waals surface area contributed by atoms with Crippen LogP contribution in [0.3, 0.4) is 0 Å². The maximum absolute atomic E-state index is 13.8. The molecule has 3 amide bonds. The topological polar surface area (TPSA) is 89.0 Å². The number of hydrogen-bond acceptors (Lipinski definition) is 6. The number of benzene rings is 2. The zero-order valence-electron chi connectivity index (χ0n) is 24.1. The Morgan fingerprint density at radius 2 is 1.68 bits per heavy atom. The summed E-state index contributed by atoms with van der Waals surface area (Å²) >= 11 is 0. The normalized spacial score (nSPS) is 17.5. The van der Waals surface area contributed by atoms with Gasteiger partial charge in [-0.25, -0.2) is 4.79 Å². The predicted octanol–water partition coefficient (Wildman–Crippen LogP) is 3.56. The number of rotatable bonds is 6. The lowest BCUT2D eigenvalue weighted by atomic mass is 10.0. The van der Waals surface area contributed by atoms with E-state index in [9.17, 15) is 9.59 Å². The number of amides is 3. The molecule has 2 N–H and O–H groups in total. The lowest BCUT2D eigenvalue weighted by Gasteiger charge is -2.35. The lowest BCUT2D eigenvalue weighted by molar-refractivity contribution is 0.0985. The van der Waals surface area contributed by atoms with Crippen LogP contribution in [-0.4, -0.2) is 88.8 Å². The van der Waals surface area contributed by atoms with Crippen molar-refractivity contribution in [1.82, 2.24) is 29.8 Å². The number of para-hydroxylation sites is 2. The van der Waals surface area contributed by atoms with Gasteiger partial charge in [0.05, 0.1) is 24.1 Å². The number of nitrogens with one attached hydrogen (secondary N) is 2. The van der Waals surface area contributed by atoms with Crippen molar-refractivity contribution in [2.75, 3.05) is 62.6 Å². The molecule has 3 aromatic rings. The Balaban J connectivity index is 1.06. The first-order valence-corrected chi connectivity index (χ1v) is 14.7. The minimum absolute atomic E-state index is 0.0234. The first-order valence-electron chi connectivity index (χ1n) is 14.7. The second-order valence-corrected chi connectivity index (χ2v) is 11.4. The van der Waals surface area contributed by atoms with Crippen LogP contribution in [0.25, 0.3) is 0 Å². The number of urea groups is 1. The predicted molar refractivity (Wildman–Crippen MR) is 161 cm³/mol. The highest BCUT2D eigenvalue weighted by Gasteiger charge is 2.27. The third-order valence-corrected chi connectivity index (χ3v) is 8.65. The third-order valence-electron chi connectivity index (χ3n) is 8.65. The van der Waals surface area contributed by atoms with Gasteiger partial charge >= 0.3 is 6.03 Å². The molecule has 0 saturated carbocycles. The average molecular weight is 557 g/mol. The molecule has 1 aromatic heterocycles. The Bertz CT molecular complexity index is 1400. The molecule has 0 bridgehead atoms. The van der Waals surface area contributed by atoms with E-state index in [0.29, 0.717) is 18.7 Å². The number of carbonyl (C=O) groups is 2. The summed E-state index contributed by atoms with van der Waals surface area (Å²) in [4.78, 5) is 35.4. The number of aromatic nitrogens is 2. The number of fused-ring (bicyclic) bond motifs is 2. The van der Waals surface area contributed by atoms with E-state index in [1.165, 1.54) is 25.9 Å². The summed E-state index contributed by atoms with van der Waals surface area (Å²) in [7, 11) is 1.89. The molecule has 3 aliphatic rings. The van der Waals surface area contributed by atoms with E-state index in [2.05, 4.69) is 25.5 Å². The second-order valence-electron chi connectivity index (χ2n) is 11.4. The van der Waals surface area contributed by atoms with E-state index in [1.807, 2.05) is 61.3 Å². The molecular weight excluding hydrogens is 516 g/mol. The van der Waals surface area contributed by atoms with Crippen LogP contribution in [-0.2, 0) is 20.1 Å². The monoisotopic (exact) mass is 556 g/mol. The number of likely N-dealkylation sites (tertiary alicyclic amines) is 1. The highest BCUT2D eigenvalue weighted by Crippen LogP contribution is 2.36. The Morgan fingerprint density at radius 1 is 0.951 bits per heavy atom. The van der Waals surface area contributed by atoms with E-state index in [4.69, 9.17) is 0 Å². The Hall–Kier alpha value is -3.89. The van der Waals surface area contributed by atoms with Crippen LogP contribution in [0.1, 0.15) is 39.9 Å². The van der Waals surface area contributed by atoms with Crippen molar-refractivity contribution in [3.05, 3.63) is 70.9 Å². The fraction of sp³-hybridized carbons (Fsp3) is 0.452. The van der Waals surface area contributed by atoms with E-state index in [1.54, 1.807) is 15.8 Å². The van der Waals surface area contributed by atoms with Crippen molar-refractivity contribution in [3.8, 4) is 0 Å². The van der Waals surface area contributed by atoms with Crippen LogP contribution in [0.15, 0.2) is 48.7 Å². The summed E-state index contributed by atoms with van der Waals surface area (Å²) in [6.45, 7) is 10.9. The molecule has 10 nitrogen and oxygen atoms in total. The van der Waals surface area contributed by atoms with Crippen LogP contribution < -0.4 is 15.5 Å². The molecule has 0 unspecified atom stereocenters. The second kappa shape index (κ2) is 11.9. The van der Waals surface area contributed by atoms with Gasteiger partial charge in [-0.15, -0.1) is 0 Å². The van der Waals surface area contributed by atoms with Crippen LogP contribution in [0.4, 0.5) is 22.0 Å². The van der Waals surface area contributed by atoms with Gasteiger partial charge in [-0.3, -0.25) is 14.4 Å². The standard InChI is InChI=1S/C31H40N8O2/c1-23-19-24(30(40)39-22-26-21-33-35(2)29(26)34-27-7-3-4-8-28(27)39)9-10-25(23)20-32-31(41)38-17-15-37(16-18-38)14-13-36-11-5-6-12-36/h3-4,7-10,19,21,34H,5-6,11-18,20,22H2,1-2H3,(H,32,41). The van der Waals surface area contributed by atoms with E-state index in [-0.39, 0.29) is 11.9 Å². The maximum atomic E-state index is 13.8. The quantitative estimate of drug-likeness (QED) is 0.483. The van der Waals surface area contributed by atoms with Crippen molar-refractivity contribution in [3.63, 3.8) is 0 Å². The molecule has 0 atom stereocenters. The van der Waals surface area contributed by atoms with Crippen LogP contribution >= 0.6 is 0 Å². The van der Waals surface area contributed by atoms with E-state index < -0.39 is 0 Å². The van der Waals surface area contributed by atoms with Crippen LogP contribution in [0.2, 0.25) is 0 Å². The number of carbonyl (C=O) groups excluding carboxylic acids is 2. The minimum atomic E-state index is -0.0720. The van der Waals surface area contributed by atoms with Gasteiger partial charge in [-0.1, -0.05) is 18.2 Å². The molecular formula is C31H40N8O2. The lowest BCUT2D eigenvalue weighted by Crippen LogP contribution is -2.52. The molecule has 0 spiro atoms. The van der Waals surface area contributed by atoms with Crippen molar-refractivity contribution in [1.29, 1.82) is 0 Å². The van der Waals surface area contributed by atoms with Gasteiger partial charge in [0, 0.05) is 64.0 Å². The van der Waals surface area contributed by atoms with Crippen LogP contribution in [0.5, 0.6) is 0 Å². The maximum Gasteiger partial charge on any atom is 0.317 e. The SMILES string of the molecule is Cc1cc(C(=O)N2Cc3cnn(C)c3Nc3ccccc32)ccc1CNC(=O)N1CCN(CCN2CCCC2)CC1. The number of aryl methyl sites for hydroxylation is 2. The fourth-order valence-corrected chi connectivity index (χ4v) is 6.07. The molecule has 2 fully saturated rings. The largest absolute Gasteiger partial charge is 0.338 e. The smallest absolute Gasteiger partial charge is 0.317 e. The molecule has 2 aromatic carbocycles. The Kier molecular flexibility index (Phi) is 7.93. The van der Waals surface area contributed by atoms with Crippen molar-refractivity contribution in [2.45, 2.75) is 32.9 Å². The zero-order chi connectivity index (χ0) is 28.3. The van der Waals surface area contributed by atoms with E-state index in [0.717, 1.165) is 73.2 Å². The molecule has 4 heterocycles. The van der Waals surface area contributed by atoms with Gasteiger partial charge in [0.15, 0.2) is 0 Å². The number of nitrogens with zero attached hydrogens (tertiary/aromatic N) is 6. The van der Waals surface area contributed by atoms with Crippen LogP contribution in [0, 0.1) is 6.92 Å². The summed E-state index contributed by atoms with van der Waals surface area (Å²) in [5.74, 6) is 0.816. The minimum Gasteiger partial charge on any atom is -0.338 e. The highest BCUT2D eigenvalue weighted by molar-refractivity contribution is 6.08. The Morgan fingerprint density at radius 3 is 2.44 bits per heavy atom. The molecule has 0 aliphatic carbocycles. The summed E-state index contributed by atoms with van der Waals surface area (Å²) < 4.78 is 1.79. The summed E-state index contributed by atoms with van der Waals surface area (Å²) in [5.41, 5.74) is 5.26.